The van der Waals surface area contributed by atoms with E-state index in [4.69, 9.17) is 14.2 Å². The summed E-state index contributed by atoms with van der Waals surface area (Å²) in [5.41, 5.74) is -0.879. The number of amides is 1. The smallest absolute Gasteiger partial charge is 0.415 e. The molecule has 0 saturated carbocycles. The maximum Gasteiger partial charge on any atom is 0.415 e. The number of non-ortho nitro benzene ring substituents is 1. The van der Waals surface area contributed by atoms with E-state index in [1.54, 1.807) is 20.8 Å². The quantitative estimate of drug-likeness (QED) is 0.408. The SMILES string of the molecule is CC(OC(=O)C(C)N(C)C(=O)Oc1ccc([N+](=O)[O-])cc1)C(=O)OC(C)(C)C. The molecule has 28 heavy (non-hydrogen) atoms. The van der Waals surface area contributed by atoms with Crippen molar-refractivity contribution in [2.24, 2.45) is 0 Å². The van der Waals surface area contributed by atoms with Crippen LogP contribution in [0.3, 0.4) is 0 Å². The third kappa shape index (κ3) is 6.86. The molecule has 10 heteroatoms. The summed E-state index contributed by atoms with van der Waals surface area (Å²) in [6.45, 7) is 7.83. The first kappa shape index (κ1) is 22.9. The molecular weight excluding hydrogens is 372 g/mol. The number of carbonyl (C=O) groups is 3. The third-order valence-electron chi connectivity index (χ3n) is 3.49. The molecule has 0 radical (unpaired) electrons. The summed E-state index contributed by atoms with van der Waals surface area (Å²) in [5.74, 6) is -1.45. The van der Waals surface area contributed by atoms with Crippen molar-refractivity contribution in [1.29, 1.82) is 0 Å². The van der Waals surface area contributed by atoms with E-state index in [9.17, 15) is 24.5 Å². The summed E-state index contributed by atoms with van der Waals surface area (Å²) in [6, 6.07) is 3.84. The largest absolute Gasteiger partial charge is 0.457 e. The number of esters is 2. The second-order valence-corrected chi connectivity index (χ2v) is 7.02. The van der Waals surface area contributed by atoms with Crippen LogP contribution in [0.1, 0.15) is 34.6 Å². The van der Waals surface area contributed by atoms with Crippen molar-refractivity contribution in [2.75, 3.05) is 7.05 Å². The molecule has 0 saturated heterocycles. The van der Waals surface area contributed by atoms with Gasteiger partial charge in [0.15, 0.2) is 6.10 Å². The van der Waals surface area contributed by atoms with Crippen LogP contribution in [0, 0.1) is 10.1 Å². The van der Waals surface area contributed by atoms with Crippen molar-refractivity contribution in [1.82, 2.24) is 4.90 Å². The molecule has 1 aromatic rings. The van der Waals surface area contributed by atoms with Gasteiger partial charge in [0.25, 0.3) is 5.69 Å². The molecule has 0 heterocycles. The first-order valence-electron chi connectivity index (χ1n) is 8.44. The Morgan fingerprint density at radius 1 is 1.07 bits per heavy atom. The van der Waals surface area contributed by atoms with Gasteiger partial charge in [-0.2, -0.15) is 0 Å². The summed E-state index contributed by atoms with van der Waals surface area (Å²) in [7, 11) is 1.32. The summed E-state index contributed by atoms with van der Waals surface area (Å²) >= 11 is 0. The topological polar surface area (TPSA) is 125 Å². The highest BCUT2D eigenvalue weighted by molar-refractivity contribution is 5.84. The fourth-order valence-corrected chi connectivity index (χ4v) is 1.83. The lowest BCUT2D eigenvalue weighted by molar-refractivity contribution is -0.384. The van der Waals surface area contributed by atoms with Crippen LogP contribution in [0.2, 0.25) is 0 Å². The molecule has 10 nitrogen and oxygen atoms in total. The van der Waals surface area contributed by atoms with Gasteiger partial charge in [0.1, 0.15) is 17.4 Å². The zero-order valence-electron chi connectivity index (χ0n) is 16.6. The highest BCUT2D eigenvalue weighted by Gasteiger charge is 2.30. The minimum atomic E-state index is -1.15. The van der Waals surface area contributed by atoms with Gasteiger partial charge in [-0.25, -0.2) is 14.4 Å². The molecule has 154 valence electrons. The van der Waals surface area contributed by atoms with Gasteiger partial charge in [-0.3, -0.25) is 15.0 Å². The number of carbonyl (C=O) groups excluding carboxylic acids is 3. The molecule has 2 atom stereocenters. The number of likely N-dealkylation sites (N-methyl/N-ethyl adjacent to an activating group) is 1. The van der Waals surface area contributed by atoms with E-state index in [0.717, 1.165) is 4.90 Å². The van der Waals surface area contributed by atoms with Crippen molar-refractivity contribution in [3.63, 3.8) is 0 Å². The van der Waals surface area contributed by atoms with E-state index in [1.807, 2.05) is 0 Å². The van der Waals surface area contributed by atoms with E-state index < -0.39 is 40.7 Å². The van der Waals surface area contributed by atoms with Gasteiger partial charge in [0.2, 0.25) is 0 Å². The maximum atomic E-state index is 12.2. The van der Waals surface area contributed by atoms with E-state index in [1.165, 1.54) is 45.2 Å². The molecule has 1 rings (SSSR count). The molecule has 1 aromatic carbocycles. The Labute approximate surface area is 162 Å². The normalized spacial score (nSPS) is 13.1. The zero-order chi connectivity index (χ0) is 21.6. The van der Waals surface area contributed by atoms with Gasteiger partial charge in [0, 0.05) is 19.2 Å². The Kier molecular flexibility index (Phi) is 7.48. The Morgan fingerprint density at radius 2 is 1.61 bits per heavy atom. The Bertz CT molecular complexity index is 739. The number of nitrogens with zero attached hydrogens (tertiary/aromatic N) is 2. The van der Waals surface area contributed by atoms with Crippen LogP contribution in [-0.4, -0.2) is 52.6 Å². The summed E-state index contributed by atoms with van der Waals surface area (Å²) < 4.78 is 15.2. The fourth-order valence-electron chi connectivity index (χ4n) is 1.83. The third-order valence-corrected chi connectivity index (χ3v) is 3.49. The summed E-state index contributed by atoms with van der Waals surface area (Å²) in [5, 5.41) is 10.6. The number of hydrogen-bond acceptors (Lipinski definition) is 8. The van der Waals surface area contributed by atoms with Crippen molar-refractivity contribution < 1.29 is 33.5 Å². The van der Waals surface area contributed by atoms with E-state index >= 15 is 0 Å². The number of rotatable bonds is 6. The van der Waals surface area contributed by atoms with Crippen molar-refractivity contribution >= 4 is 23.7 Å². The Morgan fingerprint density at radius 3 is 2.07 bits per heavy atom. The minimum absolute atomic E-state index is 0.0742. The highest BCUT2D eigenvalue weighted by Crippen LogP contribution is 2.18. The Hall–Kier alpha value is -3.17. The van der Waals surface area contributed by atoms with Crippen LogP contribution in [0.4, 0.5) is 10.5 Å². The van der Waals surface area contributed by atoms with Crippen LogP contribution < -0.4 is 4.74 Å². The predicted molar refractivity (Wildman–Crippen MR) is 97.7 cm³/mol. The second kappa shape index (κ2) is 9.16. The van der Waals surface area contributed by atoms with E-state index in [-0.39, 0.29) is 11.4 Å². The molecule has 2 unspecified atom stereocenters. The van der Waals surface area contributed by atoms with E-state index in [0.29, 0.717) is 0 Å². The molecular formula is C18H24N2O8. The van der Waals surface area contributed by atoms with Gasteiger partial charge >= 0.3 is 18.0 Å². The van der Waals surface area contributed by atoms with Crippen molar-refractivity contribution in [3.8, 4) is 5.75 Å². The van der Waals surface area contributed by atoms with Crippen LogP contribution in [0.25, 0.3) is 0 Å². The molecule has 0 fully saturated rings. The first-order chi connectivity index (χ1) is 12.8. The number of ether oxygens (including phenoxy) is 3. The molecule has 0 N–H and O–H groups in total. The number of hydrogen-bond donors (Lipinski definition) is 0. The monoisotopic (exact) mass is 396 g/mol. The van der Waals surface area contributed by atoms with Crippen molar-refractivity contribution in [2.45, 2.75) is 52.4 Å². The van der Waals surface area contributed by atoms with Gasteiger partial charge in [-0.05, 0) is 46.8 Å². The summed E-state index contributed by atoms with van der Waals surface area (Å²) in [4.78, 5) is 47.2. The van der Waals surface area contributed by atoms with Crippen LogP contribution in [-0.2, 0) is 19.1 Å². The Balaban J connectivity index is 2.65. The van der Waals surface area contributed by atoms with Gasteiger partial charge in [-0.15, -0.1) is 0 Å². The number of benzene rings is 1. The average Bonchev–Trinajstić information content (AvgIpc) is 2.59. The fraction of sp³-hybridized carbons (Fsp3) is 0.500. The highest BCUT2D eigenvalue weighted by atomic mass is 16.6. The molecule has 0 aliphatic heterocycles. The zero-order valence-corrected chi connectivity index (χ0v) is 16.6. The van der Waals surface area contributed by atoms with Gasteiger partial charge in [0.05, 0.1) is 4.92 Å². The number of nitro groups is 1. The predicted octanol–water partition coefficient (Wildman–Crippen LogP) is 2.69. The first-order valence-corrected chi connectivity index (χ1v) is 8.44. The van der Waals surface area contributed by atoms with Crippen LogP contribution in [0.15, 0.2) is 24.3 Å². The van der Waals surface area contributed by atoms with Crippen LogP contribution >= 0.6 is 0 Å². The molecule has 0 spiro atoms. The lowest BCUT2D eigenvalue weighted by atomic mass is 10.2. The van der Waals surface area contributed by atoms with Gasteiger partial charge < -0.3 is 14.2 Å². The molecule has 0 aliphatic carbocycles. The second-order valence-electron chi connectivity index (χ2n) is 7.02. The minimum Gasteiger partial charge on any atom is -0.457 e. The summed E-state index contributed by atoms with van der Waals surface area (Å²) in [6.07, 6.45) is -2.02. The molecule has 1 amide bonds. The average molecular weight is 396 g/mol. The van der Waals surface area contributed by atoms with Crippen molar-refractivity contribution in [3.05, 3.63) is 34.4 Å². The van der Waals surface area contributed by atoms with Gasteiger partial charge in [-0.1, -0.05) is 0 Å². The lowest BCUT2D eigenvalue weighted by Gasteiger charge is -2.25. The van der Waals surface area contributed by atoms with E-state index in [2.05, 4.69) is 0 Å². The molecule has 0 aromatic heterocycles. The number of nitro benzene ring substituents is 1. The maximum absolute atomic E-state index is 12.2. The van der Waals surface area contributed by atoms with Crippen LogP contribution in [0.5, 0.6) is 5.75 Å². The standard InChI is InChI=1S/C18H24N2O8/c1-11(15(21)26-12(2)16(22)28-18(3,4)5)19(6)17(23)27-14-9-7-13(8-10-14)20(24)25/h7-12H,1-6H3. The lowest BCUT2D eigenvalue weighted by Crippen LogP contribution is -2.44. The molecule has 0 aliphatic rings. The molecule has 0 bridgehead atoms.